The predicted molar refractivity (Wildman–Crippen MR) is 104 cm³/mol. The van der Waals surface area contributed by atoms with Gasteiger partial charge in [0.1, 0.15) is 0 Å². The van der Waals surface area contributed by atoms with Crippen LogP contribution in [0.4, 0.5) is 4.79 Å². The van der Waals surface area contributed by atoms with Crippen molar-refractivity contribution in [2.45, 2.75) is 12.5 Å². The van der Waals surface area contributed by atoms with Crippen molar-refractivity contribution in [1.82, 2.24) is 10.2 Å². The van der Waals surface area contributed by atoms with Crippen LogP contribution in [-0.4, -0.2) is 50.2 Å². The average Bonchev–Trinajstić information content (AvgIpc) is 3.05. The molecule has 8 nitrogen and oxygen atoms in total. The van der Waals surface area contributed by atoms with Gasteiger partial charge in [0, 0.05) is 0 Å². The lowest BCUT2D eigenvalue weighted by molar-refractivity contribution is -0.127. The zero-order valence-electron chi connectivity index (χ0n) is 16.2. The molecule has 8 heteroatoms. The monoisotopic (exact) mass is 398 g/mol. The summed E-state index contributed by atoms with van der Waals surface area (Å²) >= 11 is 0. The number of nitrogens with one attached hydrogen (secondary N) is 1. The summed E-state index contributed by atoms with van der Waals surface area (Å²) in [5.41, 5.74) is 1.52. The lowest BCUT2D eigenvalue weighted by Gasteiger charge is -2.23. The lowest BCUT2D eigenvalue weighted by Crippen LogP contribution is -2.40. The van der Waals surface area contributed by atoms with E-state index in [1.54, 1.807) is 25.3 Å². The molecule has 0 bridgehead atoms. The van der Waals surface area contributed by atoms with E-state index in [9.17, 15) is 14.4 Å². The van der Waals surface area contributed by atoms with Gasteiger partial charge in [0.2, 0.25) is 5.91 Å². The smallest absolute Gasteiger partial charge is 0.417 e. The van der Waals surface area contributed by atoms with Gasteiger partial charge in [-0.15, -0.1) is 0 Å². The van der Waals surface area contributed by atoms with Crippen molar-refractivity contribution in [3.8, 4) is 11.5 Å². The number of hydrogen-bond acceptors (Lipinski definition) is 6. The molecule has 0 saturated carbocycles. The summed E-state index contributed by atoms with van der Waals surface area (Å²) in [7, 11) is 3.07. The van der Waals surface area contributed by atoms with Gasteiger partial charge in [-0.2, -0.15) is 0 Å². The SMILES string of the molecule is COc1ccc(CC(=O)NC(CN2C(=O)COC2=O)c2ccccc2)cc1OC. The number of methoxy groups -OCH3 is 2. The number of ether oxygens (including phenoxy) is 3. The number of benzene rings is 2. The molecule has 3 amide bonds. The second kappa shape index (κ2) is 9.09. The van der Waals surface area contributed by atoms with Gasteiger partial charge in [0.15, 0.2) is 18.1 Å². The van der Waals surface area contributed by atoms with E-state index < -0.39 is 18.0 Å². The first-order chi connectivity index (χ1) is 14.0. The first kappa shape index (κ1) is 20.2. The van der Waals surface area contributed by atoms with Crippen LogP contribution in [0.5, 0.6) is 11.5 Å². The van der Waals surface area contributed by atoms with Crippen LogP contribution in [0, 0.1) is 0 Å². The Balaban J connectivity index is 1.74. The summed E-state index contributed by atoms with van der Waals surface area (Å²) in [4.78, 5) is 37.4. The molecular formula is C21H22N2O6. The molecule has 1 aliphatic heterocycles. The van der Waals surface area contributed by atoms with Crippen molar-refractivity contribution in [3.05, 3.63) is 59.7 Å². The number of amides is 3. The number of nitrogens with zero attached hydrogens (tertiary/aromatic N) is 1. The second-order valence-electron chi connectivity index (χ2n) is 6.46. The van der Waals surface area contributed by atoms with Crippen LogP contribution < -0.4 is 14.8 Å². The first-order valence-corrected chi connectivity index (χ1v) is 9.04. The zero-order chi connectivity index (χ0) is 20.8. The quantitative estimate of drug-likeness (QED) is 0.732. The van der Waals surface area contributed by atoms with Crippen molar-refractivity contribution in [3.63, 3.8) is 0 Å². The molecule has 1 aliphatic rings. The average molecular weight is 398 g/mol. The van der Waals surface area contributed by atoms with Gasteiger partial charge in [-0.1, -0.05) is 36.4 Å². The van der Waals surface area contributed by atoms with Crippen LogP contribution in [-0.2, 0) is 20.7 Å². The lowest BCUT2D eigenvalue weighted by atomic mass is 10.1. The van der Waals surface area contributed by atoms with Crippen molar-refractivity contribution in [1.29, 1.82) is 0 Å². The Bertz CT molecular complexity index is 883. The number of imide groups is 1. The van der Waals surface area contributed by atoms with E-state index in [0.717, 1.165) is 16.0 Å². The molecule has 1 fully saturated rings. The summed E-state index contributed by atoms with van der Waals surface area (Å²) in [6.45, 7) is -0.278. The fraction of sp³-hybridized carbons (Fsp3) is 0.286. The highest BCUT2D eigenvalue weighted by Crippen LogP contribution is 2.28. The number of carbonyl (C=O) groups is 3. The summed E-state index contributed by atoms with van der Waals surface area (Å²) < 4.78 is 15.2. The molecule has 1 saturated heterocycles. The molecule has 152 valence electrons. The standard InChI is InChI=1S/C21H22N2O6/c1-27-17-9-8-14(10-18(17)28-2)11-19(24)22-16(15-6-4-3-5-7-15)12-23-20(25)13-29-21(23)26/h3-10,16H,11-13H2,1-2H3,(H,22,24). The molecule has 2 aromatic carbocycles. The van der Waals surface area contributed by atoms with Gasteiger partial charge >= 0.3 is 6.09 Å². The molecule has 0 aromatic heterocycles. The molecular weight excluding hydrogens is 376 g/mol. The van der Waals surface area contributed by atoms with Gasteiger partial charge in [-0.05, 0) is 23.3 Å². The summed E-state index contributed by atoms with van der Waals surface area (Å²) in [5, 5.41) is 2.90. The maximum absolute atomic E-state index is 12.7. The first-order valence-electron chi connectivity index (χ1n) is 9.04. The van der Waals surface area contributed by atoms with Crippen LogP contribution in [0.25, 0.3) is 0 Å². The highest BCUT2D eigenvalue weighted by atomic mass is 16.6. The van der Waals surface area contributed by atoms with Gasteiger partial charge in [0.05, 0.1) is 33.2 Å². The fourth-order valence-corrected chi connectivity index (χ4v) is 3.08. The van der Waals surface area contributed by atoms with Crippen LogP contribution in [0.2, 0.25) is 0 Å². The van der Waals surface area contributed by atoms with E-state index in [4.69, 9.17) is 14.2 Å². The Morgan fingerprint density at radius 1 is 1.10 bits per heavy atom. The Morgan fingerprint density at radius 2 is 1.83 bits per heavy atom. The maximum atomic E-state index is 12.7. The number of carbonyl (C=O) groups excluding carboxylic acids is 3. The Kier molecular flexibility index (Phi) is 6.33. The molecule has 1 unspecified atom stereocenters. The van der Waals surface area contributed by atoms with Crippen molar-refractivity contribution < 1.29 is 28.6 Å². The molecule has 29 heavy (non-hydrogen) atoms. The van der Waals surface area contributed by atoms with E-state index in [1.807, 2.05) is 30.3 Å². The summed E-state index contributed by atoms with van der Waals surface area (Å²) in [6.07, 6.45) is -0.604. The molecule has 0 radical (unpaired) electrons. The van der Waals surface area contributed by atoms with Crippen LogP contribution in [0.1, 0.15) is 17.2 Å². The third-order valence-corrected chi connectivity index (χ3v) is 4.56. The topological polar surface area (TPSA) is 94.2 Å². The third-order valence-electron chi connectivity index (χ3n) is 4.56. The van der Waals surface area contributed by atoms with E-state index in [1.165, 1.54) is 7.11 Å². The van der Waals surface area contributed by atoms with Gasteiger partial charge in [0.25, 0.3) is 5.91 Å². The Hall–Kier alpha value is -3.55. The Morgan fingerprint density at radius 3 is 2.45 bits per heavy atom. The molecule has 1 N–H and O–H groups in total. The fourth-order valence-electron chi connectivity index (χ4n) is 3.08. The Labute approximate surface area is 168 Å². The largest absolute Gasteiger partial charge is 0.493 e. The van der Waals surface area contributed by atoms with Crippen LogP contribution in [0.15, 0.2) is 48.5 Å². The van der Waals surface area contributed by atoms with Crippen molar-refractivity contribution in [2.75, 3.05) is 27.4 Å². The van der Waals surface area contributed by atoms with E-state index >= 15 is 0 Å². The molecule has 1 heterocycles. The minimum absolute atomic E-state index is 0.000641. The molecule has 0 aliphatic carbocycles. The van der Waals surface area contributed by atoms with Crippen LogP contribution >= 0.6 is 0 Å². The highest BCUT2D eigenvalue weighted by Gasteiger charge is 2.33. The van der Waals surface area contributed by atoms with Gasteiger partial charge in [-0.25, -0.2) is 9.69 Å². The number of hydrogen-bond donors (Lipinski definition) is 1. The van der Waals surface area contributed by atoms with Crippen molar-refractivity contribution in [2.24, 2.45) is 0 Å². The summed E-state index contributed by atoms with van der Waals surface area (Å²) in [5.74, 6) is 0.420. The highest BCUT2D eigenvalue weighted by molar-refractivity contribution is 5.97. The summed E-state index contributed by atoms with van der Waals surface area (Å²) in [6, 6.07) is 13.8. The molecule has 1 atom stereocenters. The molecule has 0 spiro atoms. The van der Waals surface area contributed by atoms with E-state index in [2.05, 4.69) is 5.32 Å². The van der Waals surface area contributed by atoms with E-state index in [-0.39, 0.29) is 25.5 Å². The van der Waals surface area contributed by atoms with Gasteiger partial charge < -0.3 is 19.5 Å². The second-order valence-corrected chi connectivity index (χ2v) is 6.46. The minimum atomic E-state index is -0.704. The third kappa shape index (κ3) is 4.84. The van der Waals surface area contributed by atoms with E-state index in [0.29, 0.717) is 11.5 Å². The minimum Gasteiger partial charge on any atom is -0.493 e. The number of rotatable bonds is 8. The predicted octanol–water partition coefficient (Wildman–Crippen LogP) is 2.08. The van der Waals surface area contributed by atoms with Crippen molar-refractivity contribution >= 4 is 17.9 Å². The zero-order valence-corrected chi connectivity index (χ0v) is 16.2. The molecule has 2 aromatic rings. The molecule has 3 rings (SSSR count). The maximum Gasteiger partial charge on any atom is 0.417 e. The van der Waals surface area contributed by atoms with Gasteiger partial charge in [-0.3, -0.25) is 9.59 Å². The van der Waals surface area contributed by atoms with Crippen LogP contribution in [0.3, 0.4) is 0 Å². The normalized spacial score (nSPS) is 14.3. The number of cyclic esters (lactones) is 1.